The van der Waals surface area contributed by atoms with Crippen LogP contribution in [0.1, 0.15) is 0 Å². The molecule has 0 aliphatic heterocycles. The first kappa shape index (κ1) is 14.1. The molecule has 0 unspecified atom stereocenters. The number of amides is 1. The minimum Gasteiger partial charge on any atom is -0.480 e. The van der Waals surface area contributed by atoms with Crippen LogP contribution in [-0.2, 0) is 9.59 Å². The number of aliphatic carboxylic acids is 1. The van der Waals surface area contributed by atoms with E-state index in [9.17, 15) is 14.0 Å². The normalized spacial score (nSPS) is 13.8. The molecule has 0 saturated heterocycles. The molecule has 0 spiro atoms. The van der Waals surface area contributed by atoms with Gasteiger partial charge in [-0.2, -0.15) is 0 Å². The van der Waals surface area contributed by atoms with Gasteiger partial charge in [-0.05, 0) is 24.3 Å². The van der Waals surface area contributed by atoms with E-state index in [1.165, 1.54) is 24.3 Å². The van der Waals surface area contributed by atoms with Gasteiger partial charge in [0.2, 0.25) is 5.91 Å². The molecule has 4 nitrogen and oxygen atoms in total. The van der Waals surface area contributed by atoms with E-state index in [1.807, 2.05) is 0 Å². The molecule has 1 amide bonds. The second kappa shape index (κ2) is 6.11. The number of nitrogens with one attached hydrogen (secondary N) is 1. The molecule has 0 aliphatic carbocycles. The zero-order chi connectivity index (χ0) is 13.0. The maximum Gasteiger partial charge on any atom is 0.318 e. The predicted octanol–water partition coefficient (Wildman–Crippen LogP) is 2.38. The average Bonchev–Trinajstić information content (AvgIpc) is 2.30. The van der Waals surface area contributed by atoms with Crippen LogP contribution >= 0.6 is 31.9 Å². The summed E-state index contributed by atoms with van der Waals surface area (Å²) in [6, 6.07) is 5.16. The standard InChI is InChI=1S/C10H8Br2FNO3/c11-7(8(12)10(16)17)9(15)14-6-3-1-5(13)2-4-6/h1-4,7-8H,(H,14,15)(H,16,17)/t7-,8+/m1/s1. The number of hydrogen-bond acceptors (Lipinski definition) is 2. The average molecular weight is 369 g/mol. The van der Waals surface area contributed by atoms with Crippen LogP contribution in [0.15, 0.2) is 24.3 Å². The lowest BCUT2D eigenvalue weighted by atomic mass is 10.2. The summed E-state index contributed by atoms with van der Waals surface area (Å²) >= 11 is 5.83. The van der Waals surface area contributed by atoms with Crippen molar-refractivity contribution in [2.24, 2.45) is 0 Å². The highest BCUT2D eigenvalue weighted by atomic mass is 79.9. The fraction of sp³-hybridized carbons (Fsp3) is 0.200. The molecule has 0 saturated carbocycles. The first-order chi connectivity index (χ1) is 7.91. The highest BCUT2D eigenvalue weighted by molar-refractivity contribution is 9.12. The van der Waals surface area contributed by atoms with Crippen molar-refractivity contribution in [1.29, 1.82) is 0 Å². The third kappa shape index (κ3) is 4.08. The number of alkyl halides is 2. The number of halogens is 3. The molecule has 0 aliphatic rings. The Morgan fingerprint density at radius 3 is 2.18 bits per heavy atom. The summed E-state index contributed by atoms with van der Waals surface area (Å²) in [5.41, 5.74) is 0.394. The van der Waals surface area contributed by atoms with E-state index in [0.717, 1.165) is 0 Å². The number of benzene rings is 1. The zero-order valence-corrected chi connectivity index (χ0v) is 11.5. The van der Waals surface area contributed by atoms with Gasteiger partial charge in [-0.25, -0.2) is 4.39 Å². The summed E-state index contributed by atoms with van der Waals surface area (Å²) < 4.78 is 12.6. The van der Waals surface area contributed by atoms with Gasteiger partial charge in [-0.3, -0.25) is 9.59 Å². The first-order valence-corrected chi connectivity index (χ1v) is 6.32. The molecular formula is C10H8Br2FNO3. The summed E-state index contributed by atoms with van der Waals surface area (Å²) in [4.78, 5) is 20.3. The van der Waals surface area contributed by atoms with Gasteiger partial charge in [-0.1, -0.05) is 31.9 Å². The van der Waals surface area contributed by atoms with E-state index in [0.29, 0.717) is 5.69 Å². The maximum absolute atomic E-state index is 12.6. The van der Waals surface area contributed by atoms with Crippen molar-refractivity contribution >= 4 is 49.4 Å². The molecule has 2 N–H and O–H groups in total. The quantitative estimate of drug-likeness (QED) is 0.802. The number of carboxylic acids is 1. The van der Waals surface area contributed by atoms with Crippen molar-refractivity contribution in [3.05, 3.63) is 30.1 Å². The third-order valence-electron chi connectivity index (χ3n) is 1.86. The van der Waals surface area contributed by atoms with E-state index in [1.54, 1.807) is 0 Å². The largest absolute Gasteiger partial charge is 0.480 e. The molecule has 0 aromatic heterocycles. The molecule has 0 heterocycles. The molecular weight excluding hydrogens is 361 g/mol. The lowest BCUT2D eigenvalue weighted by Crippen LogP contribution is -2.34. The van der Waals surface area contributed by atoms with Crippen molar-refractivity contribution in [1.82, 2.24) is 0 Å². The van der Waals surface area contributed by atoms with Gasteiger partial charge in [-0.15, -0.1) is 0 Å². The third-order valence-corrected chi connectivity index (χ3v) is 4.43. The van der Waals surface area contributed by atoms with Crippen LogP contribution in [0.25, 0.3) is 0 Å². The molecule has 7 heteroatoms. The molecule has 1 rings (SSSR count). The Hall–Kier alpha value is -0.950. The number of carbonyl (C=O) groups is 2. The number of carboxylic acid groups (broad SMARTS) is 1. The number of carbonyl (C=O) groups excluding carboxylic acids is 1. The number of hydrogen-bond donors (Lipinski definition) is 2. The summed E-state index contributed by atoms with van der Waals surface area (Å²) in [5.74, 6) is -2.09. The molecule has 1 aromatic carbocycles. The fourth-order valence-corrected chi connectivity index (χ4v) is 1.58. The Balaban J connectivity index is 2.66. The molecule has 1 aromatic rings. The lowest BCUT2D eigenvalue weighted by Gasteiger charge is -2.13. The van der Waals surface area contributed by atoms with Gasteiger partial charge in [0.15, 0.2) is 0 Å². The summed E-state index contributed by atoms with van der Waals surface area (Å²) in [6.07, 6.45) is 0. The van der Waals surface area contributed by atoms with Crippen LogP contribution in [0.2, 0.25) is 0 Å². The molecule has 0 fully saturated rings. The molecule has 0 radical (unpaired) electrons. The van der Waals surface area contributed by atoms with Crippen LogP contribution in [-0.4, -0.2) is 26.6 Å². The SMILES string of the molecule is O=C(O)[C@@H](Br)[C@@H](Br)C(=O)Nc1ccc(F)cc1. The Kier molecular flexibility index (Phi) is 5.07. The van der Waals surface area contributed by atoms with Gasteiger partial charge >= 0.3 is 5.97 Å². The Morgan fingerprint density at radius 2 is 1.71 bits per heavy atom. The summed E-state index contributed by atoms with van der Waals surface area (Å²) in [6.45, 7) is 0. The van der Waals surface area contributed by atoms with Crippen molar-refractivity contribution in [2.45, 2.75) is 9.65 Å². The Labute approximate surface area is 113 Å². The highest BCUT2D eigenvalue weighted by Gasteiger charge is 2.29. The van der Waals surface area contributed by atoms with Gasteiger partial charge in [0, 0.05) is 5.69 Å². The second-order valence-corrected chi connectivity index (χ2v) is 5.11. The minimum absolute atomic E-state index is 0.394. The van der Waals surface area contributed by atoms with Crippen LogP contribution in [0.3, 0.4) is 0 Å². The van der Waals surface area contributed by atoms with Crippen molar-refractivity contribution in [3.8, 4) is 0 Å². The minimum atomic E-state index is -1.15. The molecule has 92 valence electrons. The first-order valence-electron chi connectivity index (χ1n) is 4.49. The highest BCUT2D eigenvalue weighted by Crippen LogP contribution is 2.17. The van der Waals surface area contributed by atoms with Gasteiger partial charge in [0.1, 0.15) is 15.5 Å². The van der Waals surface area contributed by atoms with Crippen molar-refractivity contribution < 1.29 is 19.1 Å². The van der Waals surface area contributed by atoms with Crippen molar-refractivity contribution in [3.63, 3.8) is 0 Å². The van der Waals surface area contributed by atoms with E-state index >= 15 is 0 Å². The van der Waals surface area contributed by atoms with Crippen LogP contribution in [0.5, 0.6) is 0 Å². The van der Waals surface area contributed by atoms with Gasteiger partial charge in [0.05, 0.1) is 0 Å². The van der Waals surface area contributed by atoms with E-state index in [-0.39, 0.29) is 0 Å². The lowest BCUT2D eigenvalue weighted by molar-refractivity contribution is -0.137. The van der Waals surface area contributed by atoms with Crippen molar-refractivity contribution in [2.75, 3.05) is 5.32 Å². The van der Waals surface area contributed by atoms with E-state index < -0.39 is 27.3 Å². The van der Waals surface area contributed by atoms with Gasteiger partial charge < -0.3 is 10.4 Å². The predicted molar refractivity (Wildman–Crippen MR) is 68.1 cm³/mol. The summed E-state index contributed by atoms with van der Waals surface area (Å²) in [5, 5.41) is 11.2. The molecule has 0 bridgehead atoms. The molecule has 17 heavy (non-hydrogen) atoms. The van der Waals surface area contributed by atoms with Crippen LogP contribution in [0, 0.1) is 5.82 Å². The zero-order valence-electron chi connectivity index (χ0n) is 8.36. The van der Waals surface area contributed by atoms with Crippen LogP contribution < -0.4 is 5.32 Å². The Morgan fingerprint density at radius 1 is 1.18 bits per heavy atom. The summed E-state index contributed by atoms with van der Waals surface area (Å²) in [7, 11) is 0. The second-order valence-electron chi connectivity index (χ2n) is 3.14. The monoisotopic (exact) mass is 367 g/mol. The van der Waals surface area contributed by atoms with Crippen LogP contribution in [0.4, 0.5) is 10.1 Å². The fourth-order valence-electron chi connectivity index (χ4n) is 1.00. The smallest absolute Gasteiger partial charge is 0.318 e. The maximum atomic E-state index is 12.6. The number of rotatable bonds is 4. The molecule has 2 atom stereocenters. The topological polar surface area (TPSA) is 66.4 Å². The van der Waals surface area contributed by atoms with E-state index in [4.69, 9.17) is 5.11 Å². The van der Waals surface area contributed by atoms with E-state index in [2.05, 4.69) is 37.2 Å². The number of anilines is 1. The Bertz CT molecular complexity index is 424. The van der Waals surface area contributed by atoms with Gasteiger partial charge in [0.25, 0.3) is 0 Å².